The van der Waals surface area contributed by atoms with E-state index in [1.165, 1.54) is 0 Å². The molecule has 1 aromatic carbocycles. The van der Waals surface area contributed by atoms with Crippen molar-refractivity contribution in [1.82, 2.24) is 5.32 Å². The van der Waals surface area contributed by atoms with Crippen molar-refractivity contribution in [2.45, 2.75) is 6.54 Å². The molecular weight excluding hydrogens is 345 g/mol. The van der Waals surface area contributed by atoms with Crippen LogP contribution < -0.4 is 5.32 Å². The monoisotopic (exact) mass is 353 g/mol. The van der Waals surface area contributed by atoms with E-state index in [-0.39, 0.29) is 5.75 Å². The van der Waals surface area contributed by atoms with Crippen LogP contribution >= 0.6 is 43.5 Å². The van der Waals surface area contributed by atoms with Gasteiger partial charge in [0.2, 0.25) is 0 Å². The number of nitrogens with one attached hydrogen (secondary N) is 1. The summed E-state index contributed by atoms with van der Waals surface area (Å²) in [5, 5.41) is 13.2. The molecule has 0 unspecified atom stereocenters. The highest BCUT2D eigenvalue weighted by Crippen LogP contribution is 2.33. The van der Waals surface area contributed by atoms with Crippen LogP contribution in [0.3, 0.4) is 0 Å². The van der Waals surface area contributed by atoms with Gasteiger partial charge in [-0.1, -0.05) is 18.2 Å². The van der Waals surface area contributed by atoms with E-state index in [2.05, 4.69) is 43.8 Å². The molecule has 0 heterocycles. The van der Waals surface area contributed by atoms with Crippen molar-refractivity contribution in [2.75, 3.05) is 6.54 Å². The first-order chi connectivity index (χ1) is 7.00. The Morgan fingerprint density at radius 1 is 1.40 bits per heavy atom. The van der Waals surface area contributed by atoms with Crippen LogP contribution in [0.2, 0.25) is 0 Å². The van der Waals surface area contributed by atoms with E-state index in [4.69, 9.17) is 11.6 Å². The number of benzene rings is 1. The van der Waals surface area contributed by atoms with Gasteiger partial charge in [-0.25, -0.2) is 0 Å². The fourth-order valence-corrected chi connectivity index (χ4v) is 2.44. The van der Waals surface area contributed by atoms with Crippen LogP contribution in [0.25, 0.3) is 0 Å². The van der Waals surface area contributed by atoms with Crippen LogP contribution in [0.1, 0.15) is 5.56 Å². The topological polar surface area (TPSA) is 32.3 Å². The number of hydrogen-bond donors (Lipinski definition) is 2. The van der Waals surface area contributed by atoms with Gasteiger partial charge in [-0.2, -0.15) is 0 Å². The molecule has 15 heavy (non-hydrogen) atoms. The predicted molar refractivity (Wildman–Crippen MR) is 70.2 cm³/mol. The maximum atomic E-state index is 9.50. The molecule has 0 aliphatic rings. The van der Waals surface area contributed by atoms with Gasteiger partial charge in [-0.15, -0.1) is 0 Å². The van der Waals surface area contributed by atoms with Crippen LogP contribution in [0.4, 0.5) is 0 Å². The lowest BCUT2D eigenvalue weighted by molar-refractivity contribution is 0.468. The van der Waals surface area contributed by atoms with Crippen LogP contribution in [0.5, 0.6) is 5.75 Å². The molecule has 82 valence electrons. The zero-order valence-electron chi connectivity index (χ0n) is 7.86. The summed E-state index contributed by atoms with van der Waals surface area (Å²) >= 11 is 12.1. The molecule has 0 radical (unpaired) electrons. The second-order valence-corrected chi connectivity index (χ2v) is 5.27. The van der Waals surface area contributed by atoms with E-state index in [9.17, 15) is 5.11 Å². The Hall–Kier alpha value is -0.0300. The van der Waals surface area contributed by atoms with E-state index in [1.807, 2.05) is 12.1 Å². The molecule has 0 amide bonds. The van der Waals surface area contributed by atoms with Gasteiger partial charge in [0, 0.05) is 18.1 Å². The highest BCUT2D eigenvalue weighted by Gasteiger charge is 2.05. The molecule has 1 rings (SSSR count). The molecule has 0 fully saturated rings. The first-order valence-corrected chi connectivity index (χ1v) is 6.18. The zero-order chi connectivity index (χ0) is 11.4. The molecule has 5 heteroatoms. The van der Waals surface area contributed by atoms with E-state index in [0.29, 0.717) is 27.1 Å². The average Bonchev–Trinajstić information content (AvgIpc) is 2.13. The van der Waals surface area contributed by atoms with Crippen molar-refractivity contribution in [1.29, 1.82) is 0 Å². The lowest BCUT2D eigenvalue weighted by Crippen LogP contribution is -2.14. The van der Waals surface area contributed by atoms with E-state index < -0.39 is 0 Å². The predicted octanol–water partition coefficient (Wildman–Crippen LogP) is 3.76. The minimum Gasteiger partial charge on any atom is -0.506 e. The highest BCUT2D eigenvalue weighted by molar-refractivity contribution is 9.11. The van der Waals surface area contributed by atoms with Gasteiger partial charge >= 0.3 is 0 Å². The Labute approximate surface area is 111 Å². The molecule has 2 nitrogen and oxygen atoms in total. The molecule has 0 aliphatic carbocycles. The fourth-order valence-electron chi connectivity index (χ4n) is 1.06. The summed E-state index contributed by atoms with van der Waals surface area (Å²) in [6.45, 7) is 4.82. The number of aromatic hydroxyl groups is 1. The number of halogens is 3. The SMILES string of the molecule is C=C(Cl)CNCc1cc(Br)c(O)c(Br)c1. The molecule has 0 bridgehead atoms. The zero-order valence-corrected chi connectivity index (χ0v) is 11.8. The van der Waals surface area contributed by atoms with Gasteiger partial charge in [0.15, 0.2) is 0 Å². The maximum absolute atomic E-state index is 9.50. The molecule has 0 spiro atoms. The number of phenols is 1. The fraction of sp³-hybridized carbons (Fsp3) is 0.200. The summed E-state index contributed by atoms with van der Waals surface area (Å²) in [6.07, 6.45) is 0. The largest absolute Gasteiger partial charge is 0.506 e. The summed E-state index contributed by atoms with van der Waals surface area (Å²) in [5.74, 6) is 0.209. The van der Waals surface area contributed by atoms with Gasteiger partial charge in [-0.3, -0.25) is 0 Å². The molecule has 1 aromatic rings. The molecule has 0 atom stereocenters. The quantitative estimate of drug-likeness (QED) is 0.862. The second-order valence-electron chi connectivity index (χ2n) is 3.03. The van der Waals surface area contributed by atoms with Gasteiger partial charge in [-0.05, 0) is 49.6 Å². The Kier molecular flexibility index (Phi) is 5.12. The second kappa shape index (κ2) is 5.89. The third-order valence-electron chi connectivity index (χ3n) is 1.72. The van der Waals surface area contributed by atoms with Crippen LogP contribution in [0.15, 0.2) is 32.7 Å². The summed E-state index contributed by atoms with van der Waals surface area (Å²) in [7, 11) is 0. The number of hydrogen-bond acceptors (Lipinski definition) is 2. The average molecular weight is 355 g/mol. The van der Waals surface area contributed by atoms with Crippen molar-refractivity contribution < 1.29 is 5.11 Å². The van der Waals surface area contributed by atoms with Crippen LogP contribution in [-0.4, -0.2) is 11.7 Å². The smallest absolute Gasteiger partial charge is 0.143 e. The lowest BCUT2D eigenvalue weighted by Gasteiger charge is -2.07. The van der Waals surface area contributed by atoms with Gasteiger partial charge in [0.1, 0.15) is 5.75 Å². The summed E-state index contributed by atoms with van der Waals surface area (Å²) < 4.78 is 1.33. The maximum Gasteiger partial charge on any atom is 0.143 e. The van der Waals surface area contributed by atoms with Gasteiger partial charge < -0.3 is 10.4 Å². The standard InChI is InChI=1S/C10H10Br2ClNO/c1-6(13)4-14-5-7-2-8(11)10(15)9(12)3-7/h2-3,14-15H,1,4-5H2. The summed E-state index contributed by atoms with van der Waals surface area (Å²) in [4.78, 5) is 0. The van der Waals surface area contributed by atoms with Crippen LogP contribution in [-0.2, 0) is 6.54 Å². The molecule has 0 saturated heterocycles. The van der Waals surface area contributed by atoms with Crippen molar-refractivity contribution in [3.05, 3.63) is 38.3 Å². The Morgan fingerprint density at radius 2 is 1.93 bits per heavy atom. The third kappa shape index (κ3) is 4.15. The van der Waals surface area contributed by atoms with Crippen molar-refractivity contribution in [3.8, 4) is 5.75 Å². The normalized spacial score (nSPS) is 10.3. The Balaban J connectivity index is 2.66. The van der Waals surface area contributed by atoms with Crippen molar-refractivity contribution >= 4 is 43.5 Å². The van der Waals surface area contributed by atoms with Crippen molar-refractivity contribution in [3.63, 3.8) is 0 Å². The first kappa shape index (κ1) is 13.0. The first-order valence-electron chi connectivity index (χ1n) is 4.21. The van der Waals surface area contributed by atoms with Crippen LogP contribution in [0, 0.1) is 0 Å². The molecular formula is C10H10Br2ClNO. The van der Waals surface area contributed by atoms with E-state index >= 15 is 0 Å². The minimum absolute atomic E-state index is 0.209. The lowest BCUT2D eigenvalue weighted by atomic mass is 10.2. The number of rotatable bonds is 4. The van der Waals surface area contributed by atoms with E-state index in [0.717, 1.165) is 5.56 Å². The number of phenolic OH excluding ortho intramolecular Hbond substituents is 1. The minimum atomic E-state index is 0.209. The molecule has 0 aromatic heterocycles. The van der Waals surface area contributed by atoms with Gasteiger partial charge in [0.25, 0.3) is 0 Å². The van der Waals surface area contributed by atoms with Crippen molar-refractivity contribution in [2.24, 2.45) is 0 Å². The third-order valence-corrected chi connectivity index (χ3v) is 3.07. The summed E-state index contributed by atoms with van der Waals surface area (Å²) in [6, 6.07) is 3.70. The van der Waals surface area contributed by atoms with Gasteiger partial charge in [0.05, 0.1) is 8.95 Å². The molecule has 2 N–H and O–H groups in total. The summed E-state index contributed by atoms with van der Waals surface area (Å²) in [5.41, 5.74) is 1.05. The molecule has 0 saturated carbocycles. The van der Waals surface area contributed by atoms with E-state index in [1.54, 1.807) is 0 Å². The highest BCUT2D eigenvalue weighted by atomic mass is 79.9. The molecule has 0 aliphatic heterocycles. The Morgan fingerprint density at radius 3 is 2.40 bits per heavy atom. The Bertz CT molecular complexity index is 359.